The first kappa shape index (κ1) is 12.8. The number of hydrogen-bond donors (Lipinski definition) is 1. The Balaban J connectivity index is 1.83. The van der Waals surface area contributed by atoms with Crippen LogP contribution in [0.4, 0.5) is 0 Å². The molecule has 0 saturated heterocycles. The van der Waals surface area contributed by atoms with Gasteiger partial charge in [-0.15, -0.1) is 0 Å². The summed E-state index contributed by atoms with van der Waals surface area (Å²) in [6.07, 6.45) is 5.23. The predicted molar refractivity (Wildman–Crippen MR) is 80.2 cm³/mol. The Morgan fingerprint density at radius 1 is 1.29 bits per heavy atom. The number of aromatic nitrogens is 1. The lowest BCUT2D eigenvalue weighted by Gasteiger charge is -2.35. The first-order valence-electron chi connectivity index (χ1n) is 7.67. The third-order valence-corrected chi connectivity index (χ3v) is 5.55. The zero-order valence-electron chi connectivity index (χ0n) is 11.9. The molecule has 0 amide bonds. The second kappa shape index (κ2) is 4.54. The zero-order valence-corrected chi connectivity index (χ0v) is 11.9. The highest BCUT2D eigenvalue weighted by molar-refractivity contribution is 5.82. The van der Waals surface area contributed by atoms with Gasteiger partial charge in [0.15, 0.2) is 0 Å². The van der Waals surface area contributed by atoms with Crippen molar-refractivity contribution in [2.75, 3.05) is 0 Å². The van der Waals surface area contributed by atoms with Crippen LogP contribution in [0.5, 0.6) is 0 Å². The average Bonchev–Trinajstić information content (AvgIpc) is 3.15. The number of para-hydroxylation sites is 1. The van der Waals surface area contributed by atoms with Gasteiger partial charge in [0.2, 0.25) is 0 Å². The standard InChI is InChI=1S/C18H18N2O/c19-11-18(10-12-6-7-14(18)9-12)17(21)15-5-1-3-13-4-2-8-20-16(13)15/h1-5,8,12,14,17,21H,6-7,9-10H2. The molecule has 2 aromatic rings. The van der Waals surface area contributed by atoms with Crippen LogP contribution in [0.2, 0.25) is 0 Å². The van der Waals surface area contributed by atoms with Gasteiger partial charge in [0.05, 0.1) is 23.1 Å². The van der Waals surface area contributed by atoms with E-state index in [-0.39, 0.29) is 0 Å². The summed E-state index contributed by atoms with van der Waals surface area (Å²) in [4.78, 5) is 4.43. The highest BCUT2D eigenvalue weighted by atomic mass is 16.3. The van der Waals surface area contributed by atoms with Crippen LogP contribution < -0.4 is 0 Å². The van der Waals surface area contributed by atoms with Gasteiger partial charge in [-0.2, -0.15) is 5.26 Å². The van der Waals surface area contributed by atoms with Crippen molar-refractivity contribution in [2.45, 2.75) is 31.8 Å². The summed E-state index contributed by atoms with van der Waals surface area (Å²) >= 11 is 0. The first-order chi connectivity index (χ1) is 10.2. The number of pyridine rings is 1. The molecular formula is C18H18N2O. The fourth-order valence-corrected chi connectivity index (χ4v) is 4.53. The van der Waals surface area contributed by atoms with Crippen LogP contribution in [-0.4, -0.2) is 10.1 Å². The lowest BCUT2D eigenvalue weighted by Crippen LogP contribution is -2.33. The maximum absolute atomic E-state index is 11.0. The monoisotopic (exact) mass is 278 g/mol. The Hall–Kier alpha value is -1.92. The van der Waals surface area contributed by atoms with Crippen molar-refractivity contribution in [3.63, 3.8) is 0 Å². The number of hydrogen-bond acceptors (Lipinski definition) is 3. The number of aliphatic hydroxyl groups excluding tert-OH is 1. The molecule has 4 atom stereocenters. The van der Waals surface area contributed by atoms with E-state index in [2.05, 4.69) is 11.1 Å². The number of fused-ring (bicyclic) bond motifs is 3. The second-order valence-corrected chi connectivity index (χ2v) is 6.56. The maximum Gasteiger partial charge on any atom is 0.1000 e. The third kappa shape index (κ3) is 1.72. The van der Waals surface area contributed by atoms with E-state index in [9.17, 15) is 10.4 Å². The third-order valence-electron chi connectivity index (χ3n) is 5.55. The number of aliphatic hydroxyl groups is 1. The number of nitriles is 1. The SMILES string of the molecule is N#CC1(C(O)c2cccc3cccnc23)CC2CCC1C2. The Bertz CT molecular complexity index is 730. The lowest BCUT2D eigenvalue weighted by atomic mass is 9.68. The molecule has 1 aromatic heterocycles. The Labute approximate surface area is 124 Å². The average molecular weight is 278 g/mol. The molecule has 3 nitrogen and oxygen atoms in total. The molecule has 2 aliphatic carbocycles. The fourth-order valence-electron chi connectivity index (χ4n) is 4.53. The molecule has 1 N–H and O–H groups in total. The normalized spacial score (nSPS) is 32.2. The van der Waals surface area contributed by atoms with Gasteiger partial charge in [-0.3, -0.25) is 4.98 Å². The van der Waals surface area contributed by atoms with Crippen LogP contribution in [0.15, 0.2) is 36.5 Å². The molecule has 1 heterocycles. The second-order valence-electron chi connectivity index (χ2n) is 6.56. The molecule has 21 heavy (non-hydrogen) atoms. The van der Waals surface area contributed by atoms with E-state index in [1.165, 1.54) is 6.42 Å². The van der Waals surface area contributed by atoms with Crippen LogP contribution in [0, 0.1) is 28.6 Å². The van der Waals surface area contributed by atoms with Crippen molar-refractivity contribution in [1.29, 1.82) is 5.26 Å². The van der Waals surface area contributed by atoms with Crippen LogP contribution in [0.3, 0.4) is 0 Å². The molecule has 0 aliphatic heterocycles. The molecule has 2 bridgehead atoms. The smallest absolute Gasteiger partial charge is 0.1000 e. The van der Waals surface area contributed by atoms with Crippen LogP contribution in [0.25, 0.3) is 10.9 Å². The van der Waals surface area contributed by atoms with Crippen molar-refractivity contribution in [2.24, 2.45) is 17.3 Å². The molecule has 2 saturated carbocycles. The molecule has 3 heteroatoms. The van der Waals surface area contributed by atoms with Crippen molar-refractivity contribution in [3.05, 3.63) is 42.1 Å². The topological polar surface area (TPSA) is 56.9 Å². The summed E-state index contributed by atoms with van der Waals surface area (Å²) in [5.74, 6) is 0.953. The molecule has 4 unspecified atom stereocenters. The zero-order chi connectivity index (χ0) is 14.4. The number of rotatable bonds is 2. The minimum absolute atomic E-state index is 0.335. The summed E-state index contributed by atoms with van der Waals surface area (Å²) in [5, 5.41) is 21.9. The van der Waals surface area contributed by atoms with Gasteiger partial charge in [0.25, 0.3) is 0 Å². The van der Waals surface area contributed by atoms with E-state index in [0.29, 0.717) is 11.8 Å². The van der Waals surface area contributed by atoms with Gasteiger partial charge < -0.3 is 5.11 Å². The van der Waals surface area contributed by atoms with E-state index in [0.717, 1.165) is 35.7 Å². The molecule has 2 aliphatic rings. The van der Waals surface area contributed by atoms with E-state index in [1.54, 1.807) is 6.20 Å². The van der Waals surface area contributed by atoms with Crippen LogP contribution in [0.1, 0.15) is 37.4 Å². The minimum atomic E-state index is -0.739. The summed E-state index contributed by atoms with van der Waals surface area (Å²) in [5.41, 5.74) is 1.02. The van der Waals surface area contributed by atoms with Gasteiger partial charge in [0.1, 0.15) is 0 Å². The predicted octanol–water partition coefficient (Wildman–Crippen LogP) is 3.60. The van der Waals surface area contributed by atoms with Crippen molar-refractivity contribution >= 4 is 10.9 Å². The van der Waals surface area contributed by atoms with E-state index < -0.39 is 11.5 Å². The summed E-state index contributed by atoms with van der Waals surface area (Å²) in [7, 11) is 0. The van der Waals surface area contributed by atoms with Crippen molar-refractivity contribution in [3.8, 4) is 6.07 Å². The minimum Gasteiger partial charge on any atom is -0.387 e. The molecule has 0 spiro atoms. The highest BCUT2D eigenvalue weighted by Crippen LogP contribution is 2.60. The summed E-state index contributed by atoms with van der Waals surface area (Å²) in [6.45, 7) is 0. The Morgan fingerprint density at radius 3 is 2.86 bits per heavy atom. The lowest BCUT2D eigenvalue weighted by molar-refractivity contribution is 0.0242. The first-order valence-corrected chi connectivity index (χ1v) is 7.67. The van der Waals surface area contributed by atoms with Crippen LogP contribution in [-0.2, 0) is 0 Å². The highest BCUT2D eigenvalue weighted by Gasteiger charge is 2.56. The molecular weight excluding hydrogens is 260 g/mol. The molecule has 4 rings (SSSR count). The van der Waals surface area contributed by atoms with Gasteiger partial charge in [-0.25, -0.2) is 0 Å². The molecule has 106 valence electrons. The Morgan fingerprint density at radius 2 is 2.14 bits per heavy atom. The van der Waals surface area contributed by atoms with Gasteiger partial charge in [-0.05, 0) is 37.2 Å². The van der Waals surface area contributed by atoms with E-state index in [1.807, 2.05) is 30.3 Å². The number of nitrogens with zero attached hydrogens (tertiary/aromatic N) is 2. The van der Waals surface area contributed by atoms with E-state index >= 15 is 0 Å². The largest absolute Gasteiger partial charge is 0.387 e. The van der Waals surface area contributed by atoms with Gasteiger partial charge >= 0.3 is 0 Å². The quantitative estimate of drug-likeness (QED) is 0.913. The van der Waals surface area contributed by atoms with Crippen molar-refractivity contribution in [1.82, 2.24) is 4.98 Å². The Kier molecular flexibility index (Phi) is 2.77. The molecule has 0 radical (unpaired) electrons. The fraction of sp³-hybridized carbons (Fsp3) is 0.444. The molecule has 1 aromatic carbocycles. The maximum atomic E-state index is 11.0. The van der Waals surface area contributed by atoms with Gasteiger partial charge in [-0.1, -0.05) is 30.7 Å². The summed E-state index contributed by atoms with van der Waals surface area (Å²) < 4.78 is 0. The summed E-state index contributed by atoms with van der Waals surface area (Å²) in [6, 6.07) is 12.3. The van der Waals surface area contributed by atoms with E-state index in [4.69, 9.17) is 0 Å². The number of benzene rings is 1. The van der Waals surface area contributed by atoms with Crippen LogP contribution >= 0.6 is 0 Å². The molecule has 2 fully saturated rings. The van der Waals surface area contributed by atoms with Crippen molar-refractivity contribution < 1.29 is 5.11 Å². The van der Waals surface area contributed by atoms with Gasteiger partial charge in [0, 0.05) is 17.1 Å².